The largest absolute Gasteiger partial charge is 0.497 e. The molecule has 1 atom stereocenters. The molecule has 0 saturated carbocycles. The van der Waals surface area contributed by atoms with Crippen molar-refractivity contribution in [2.24, 2.45) is 0 Å². The highest BCUT2D eigenvalue weighted by atomic mass is 32.2. The summed E-state index contributed by atoms with van der Waals surface area (Å²) in [7, 11) is 1.61. The molecule has 0 radical (unpaired) electrons. The predicted octanol–water partition coefficient (Wildman–Crippen LogP) is 2.85. The minimum absolute atomic E-state index is 0.0569. The molecule has 0 fully saturated rings. The average molecular weight is 404 g/mol. The second-order valence-corrected chi connectivity index (χ2v) is 7.62. The van der Waals surface area contributed by atoms with Crippen LogP contribution in [0.1, 0.15) is 20.8 Å². The van der Waals surface area contributed by atoms with Crippen LogP contribution in [0.2, 0.25) is 0 Å². The zero-order valence-corrected chi connectivity index (χ0v) is 17.2. The molecule has 0 aliphatic heterocycles. The standard InChI is InChI=1S/C19H25N5O3S/c1-6-11-24-16(14-7-9-15(27-5)10-8-14)22-23-19(24)28-13(4)17(25)21-18(26)20-12(2)3/h6-10,12-13H,1,11H2,2-5H3,(H2,20,21,25,26)/t13-/m0/s1. The highest BCUT2D eigenvalue weighted by Crippen LogP contribution is 2.28. The van der Waals surface area contributed by atoms with E-state index in [0.29, 0.717) is 17.5 Å². The average Bonchev–Trinajstić information content (AvgIpc) is 3.03. The van der Waals surface area contributed by atoms with E-state index in [-0.39, 0.29) is 6.04 Å². The molecule has 9 heteroatoms. The highest BCUT2D eigenvalue weighted by molar-refractivity contribution is 8.00. The molecule has 0 spiro atoms. The molecule has 3 amide bonds. The number of nitrogens with zero attached hydrogens (tertiary/aromatic N) is 3. The number of allylic oxidation sites excluding steroid dienone is 1. The van der Waals surface area contributed by atoms with Crippen LogP contribution in [0.3, 0.4) is 0 Å². The van der Waals surface area contributed by atoms with E-state index in [2.05, 4.69) is 27.4 Å². The zero-order chi connectivity index (χ0) is 20.7. The lowest BCUT2D eigenvalue weighted by atomic mass is 10.2. The van der Waals surface area contributed by atoms with Gasteiger partial charge in [-0.3, -0.25) is 14.7 Å². The van der Waals surface area contributed by atoms with Crippen LogP contribution in [0, 0.1) is 0 Å². The Kier molecular flexibility index (Phi) is 7.62. The molecule has 0 bridgehead atoms. The minimum atomic E-state index is -0.533. The third-order valence-electron chi connectivity index (χ3n) is 3.68. The first-order valence-corrected chi connectivity index (χ1v) is 9.70. The summed E-state index contributed by atoms with van der Waals surface area (Å²) in [6, 6.07) is 6.90. The van der Waals surface area contributed by atoms with E-state index in [1.54, 1.807) is 20.1 Å². The molecule has 1 aromatic carbocycles. The van der Waals surface area contributed by atoms with Crippen LogP contribution in [-0.4, -0.2) is 45.1 Å². The molecule has 1 aromatic heterocycles. The van der Waals surface area contributed by atoms with Gasteiger partial charge < -0.3 is 10.1 Å². The second-order valence-electron chi connectivity index (χ2n) is 6.31. The van der Waals surface area contributed by atoms with E-state index in [1.807, 2.05) is 42.7 Å². The van der Waals surface area contributed by atoms with Gasteiger partial charge in [-0.25, -0.2) is 4.79 Å². The zero-order valence-electron chi connectivity index (χ0n) is 16.4. The van der Waals surface area contributed by atoms with Crippen molar-refractivity contribution in [1.82, 2.24) is 25.4 Å². The Labute approximate surface area is 168 Å². The van der Waals surface area contributed by atoms with Crippen molar-refractivity contribution in [1.29, 1.82) is 0 Å². The van der Waals surface area contributed by atoms with Gasteiger partial charge in [-0.1, -0.05) is 17.8 Å². The molecule has 2 N–H and O–H groups in total. The number of aromatic nitrogens is 3. The minimum Gasteiger partial charge on any atom is -0.497 e. The van der Waals surface area contributed by atoms with E-state index in [9.17, 15) is 9.59 Å². The summed E-state index contributed by atoms with van der Waals surface area (Å²) in [6.07, 6.45) is 1.74. The number of ether oxygens (including phenoxy) is 1. The van der Waals surface area contributed by atoms with Crippen LogP contribution in [0.25, 0.3) is 11.4 Å². The van der Waals surface area contributed by atoms with Crippen molar-refractivity contribution in [2.75, 3.05) is 7.11 Å². The van der Waals surface area contributed by atoms with Crippen molar-refractivity contribution < 1.29 is 14.3 Å². The highest BCUT2D eigenvalue weighted by Gasteiger charge is 2.22. The number of urea groups is 1. The van der Waals surface area contributed by atoms with Crippen LogP contribution in [0.4, 0.5) is 4.79 Å². The lowest BCUT2D eigenvalue weighted by Crippen LogP contribution is -2.45. The number of benzene rings is 1. The third kappa shape index (κ3) is 5.59. The van der Waals surface area contributed by atoms with Crippen LogP contribution >= 0.6 is 11.8 Å². The molecule has 1 heterocycles. The summed E-state index contributed by atoms with van der Waals surface area (Å²) < 4.78 is 7.05. The van der Waals surface area contributed by atoms with Gasteiger partial charge in [0.1, 0.15) is 5.75 Å². The van der Waals surface area contributed by atoms with Crippen molar-refractivity contribution in [3.8, 4) is 17.1 Å². The van der Waals surface area contributed by atoms with Gasteiger partial charge in [0, 0.05) is 18.2 Å². The molecular formula is C19H25N5O3S. The fourth-order valence-corrected chi connectivity index (χ4v) is 3.21. The number of rotatable bonds is 8. The Morgan fingerprint density at radius 1 is 1.25 bits per heavy atom. The smallest absolute Gasteiger partial charge is 0.321 e. The first-order chi connectivity index (χ1) is 13.3. The predicted molar refractivity (Wildman–Crippen MR) is 109 cm³/mol. The number of hydrogen-bond donors (Lipinski definition) is 2. The maximum atomic E-state index is 12.3. The maximum Gasteiger partial charge on any atom is 0.321 e. The monoisotopic (exact) mass is 403 g/mol. The summed E-state index contributed by atoms with van der Waals surface area (Å²) >= 11 is 1.23. The quantitative estimate of drug-likeness (QED) is 0.520. The normalized spacial score (nSPS) is 11.8. The van der Waals surface area contributed by atoms with E-state index < -0.39 is 17.2 Å². The molecule has 150 valence electrons. The Bertz CT molecular complexity index is 833. The Balaban J connectivity index is 2.16. The SMILES string of the molecule is C=CCn1c(S[C@@H](C)C(=O)NC(=O)NC(C)C)nnc1-c1ccc(OC)cc1. The molecule has 28 heavy (non-hydrogen) atoms. The van der Waals surface area contributed by atoms with Crippen LogP contribution < -0.4 is 15.4 Å². The van der Waals surface area contributed by atoms with Crippen LogP contribution in [0.15, 0.2) is 42.1 Å². The van der Waals surface area contributed by atoms with Crippen molar-refractivity contribution in [2.45, 2.75) is 43.8 Å². The number of nitrogens with one attached hydrogen (secondary N) is 2. The molecule has 8 nitrogen and oxygen atoms in total. The molecule has 0 aliphatic rings. The maximum absolute atomic E-state index is 12.3. The Morgan fingerprint density at radius 3 is 2.50 bits per heavy atom. The number of carbonyl (C=O) groups excluding carboxylic acids is 2. The van der Waals surface area contributed by atoms with Gasteiger partial charge in [0.25, 0.3) is 0 Å². The topological polar surface area (TPSA) is 98.1 Å². The summed E-state index contributed by atoms with van der Waals surface area (Å²) in [5.74, 6) is 1.01. The van der Waals surface area contributed by atoms with Gasteiger partial charge in [0.15, 0.2) is 11.0 Å². The van der Waals surface area contributed by atoms with Gasteiger partial charge in [0.2, 0.25) is 5.91 Å². The van der Waals surface area contributed by atoms with E-state index in [0.717, 1.165) is 11.3 Å². The Morgan fingerprint density at radius 2 is 1.93 bits per heavy atom. The molecule has 0 aliphatic carbocycles. The molecule has 2 aromatic rings. The summed E-state index contributed by atoms with van der Waals surface area (Å²) in [6.45, 7) is 9.62. The molecule has 2 rings (SSSR count). The first kappa shape index (κ1) is 21.5. The van der Waals surface area contributed by atoms with Gasteiger partial charge in [-0.15, -0.1) is 16.8 Å². The lowest BCUT2D eigenvalue weighted by Gasteiger charge is -2.14. The molecule has 0 saturated heterocycles. The van der Waals surface area contributed by atoms with Crippen LogP contribution in [0.5, 0.6) is 5.75 Å². The second kappa shape index (κ2) is 9.93. The number of carbonyl (C=O) groups is 2. The van der Waals surface area contributed by atoms with Gasteiger partial charge in [0.05, 0.1) is 12.4 Å². The summed E-state index contributed by atoms with van der Waals surface area (Å²) in [4.78, 5) is 24.0. The fourth-order valence-electron chi connectivity index (χ4n) is 2.35. The van der Waals surface area contributed by atoms with E-state index >= 15 is 0 Å². The molecular weight excluding hydrogens is 378 g/mol. The van der Waals surface area contributed by atoms with Crippen molar-refractivity contribution >= 4 is 23.7 Å². The summed E-state index contributed by atoms with van der Waals surface area (Å²) in [5.41, 5.74) is 0.871. The lowest BCUT2D eigenvalue weighted by molar-refractivity contribution is -0.119. The van der Waals surface area contributed by atoms with Gasteiger partial charge in [-0.2, -0.15) is 0 Å². The van der Waals surface area contributed by atoms with E-state index in [4.69, 9.17) is 4.74 Å². The fraction of sp³-hybridized carbons (Fsp3) is 0.368. The number of imide groups is 1. The third-order valence-corrected chi connectivity index (χ3v) is 4.77. The van der Waals surface area contributed by atoms with Gasteiger partial charge in [-0.05, 0) is 45.0 Å². The van der Waals surface area contributed by atoms with Crippen molar-refractivity contribution in [3.63, 3.8) is 0 Å². The van der Waals surface area contributed by atoms with Crippen molar-refractivity contribution in [3.05, 3.63) is 36.9 Å². The number of hydrogen-bond acceptors (Lipinski definition) is 6. The number of amides is 3. The van der Waals surface area contributed by atoms with Crippen LogP contribution in [-0.2, 0) is 11.3 Å². The number of methoxy groups -OCH3 is 1. The summed E-state index contributed by atoms with van der Waals surface area (Å²) in [5, 5.41) is 13.5. The molecule has 0 unspecified atom stereocenters. The Hall–Kier alpha value is -2.81. The van der Waals surface area contributed by atoms with Gasteiger partial charge >= 0.3 is 6.03 Å². The van der Waals surface area contributed by atoms with E-state index in [1.165, 1.54) is 11.8 Å². The first-order valence-electron chi connectivity index (χ1n) is 8.82. The number of thioether (sulfide) groups is 1.